The summed E-state index contributed by atoms with van der Waals surface area (Å²) in [5.74, 6) is 7.01. The van der Waals surface area contributed by atoms with Gasteiger partial charge in [-0.1, -0.05) is 132 Å². The van der Waals surface area contributed by atoms with Crippen LogP contribution in [0.5, 0.6) is 0 Å². The molecule has 3 aromatic rings. The minimum Gasteiger partial charge on any atom is -0.300 e. The normalized spacial score (nSPS) is 9.47. The fraction of sp³-hybridized carbons (Fsp3) is 0.382. The molecule has 0 saturated heterocycles. The average molecular weight is 493 g/mol. The molecule has 0 bridgehead atoms. The summed E-state index contributed by atoms with van der Waals surface area (Å²) in [6, 6.07) is 28.9. The van der Waals surface area contributed by atoms with Gasteiger partial charge in [-0.25, -0.2) is 0 Å². The van der Waals surface area contributed by atoms with Crippen LogP contribution >= 0.6 is 0 Å². The molecule has 3 rings (SSSR count). The summed E-state index contributed by atoms with van der Waals surface area (Å²) in [6.07, 6.45) is 3.62. The minimum atomic E-state index is 0. The second-order valence-electron chi connectivity index (χ2n) is 7.51. The fourth-order valence-corrected chi connectivity index (χ4v) is 3.03. The SMILES string of the molecule is CC.CC.CCc1cc(CC[C@@H](C)C(C)=O)ccc1C#CCc1ccccc1.CF.[HH].c1ccccc1. The van der Waals surface area contributed by atoms with Crippen LogP contribution in [0.4, 0.5) is 4.39 Å². The van der Waals surface area contributed by atoms with Crippen LogP contribution in [0.2, 0.25) is 0 Å². The molecule has 2 heteroatoms. The molecular formula is C34H49FO. The Morgan fingerprint density at radius 1 is 0.833 bits per heavy atom. The first-order chi connectivity index (χ1) is 17.6. The highest BCUT2D eigenvalue weighted by Gasteiger charge is 2.08. The molecule has 1 atom stereocenters. The van der Waals surface area contributed by atoms with Gasteiger partial charge >= 0.3 is 0 Å². The molecule has 0 unspecified atom stereocenters. The molecule has 0 amide bonds. The highest BCUT2D eigenvalue weighted by Crippen LogP contribution is 2.16. The molecule has 36 heavy (non-hydrogen) atoms. The minimum absolute atomic E-state index is 0. The van der Waals surface area contributed by atoms with Crippen molar-refractivity contribution in [3.05, 3.63) is 107 Å². The maximum Gasteiger partial charge on any atom is 0.132 e. The van der Waals surface area contributed by atoms with Gasteiger partial charge in [0.25, 0.3) is 0 Å². The Morgan fingerprint density at radius 3 is 1.81 bits per heavy atom. The number of rotatable bonds is 6. The average Bonchev–Trinajstić information content (AvgIpc) is 2.97. The maximum absolute atomic E-state index is 11.4. The van der Waals surface area contributed by atoms with Gasteiger partial charge in [-0.2, -0.15) is 0 Å². The quantitative estimate of drug-likeness (QED) is 0.313. The van der Waals surface area contributed by atoms with Crippen molar-refractivity contribution in [2.75, 3.05) is 7.18 Å². The summed E-state index contributed by atoms with van der Waals surface area (Å²) in [5.41, 5.74) is 4.96. The van der Waals surface area contributed by atoms with E-state index in [4.69, 9.17) is 0 Å². The fourth-order valence-electron chi connectivity index (χ4n) is 3.03. The van der Waals surface area contributed by atoms with E-state index in [0.29, 0.717) is 7.18 Å². The zero-order chi connectivity index (χ0) is 27.6. The Morgan fingerprint density at radius 2 is 1.33 bits per heavy atom. The standard InChI is InChI=1S/C23H26O.C6H6.2C2H6.CH3F.H2/c1-4-22-17-21(14-13-18(2)19(3)24)15-16-23(22)12-8-11-20-9-6-5-7-10-20;1-2-4-6-5-3-1;3*1-2;/h5-7,9-10,15-18H,4,11,13-14H2,1-3H3;1-6H;2*1-2H3;1H3;1H/t18-;;;;;/m1...../s1. The van der Waals surface area contributed by atoms with E-state index in [-0.39, 0.29) is 13.1 Å². The summed E-state index contributed by atoms with van der Waals surface area (Å²) >= 11 is 0. The van der Waals surface area contributed by atoms with Gasteiger partial charge in [0.1, 0.15) is 5.78 Å². The molecular weight excluding hydrogens is 443 g/mol. The van der Waals surface area contributed by atoms with Gasteiger partial charge in [0.2, 0.25) is 0 Å². The van der Waals surface area contributed by atoms with Crippen LogP contribution < -0.4 is 0 Å². The van der Waals surface area contributed by atoms with Crippen molar-refractivity contribution >= 4 is 5.78 Å². The van der Waals surface area contributed by atoms with Crippen molar-refractivity contribution in [1.29, 1.82) is 0 Å². The van der Waals surface area contributed by atoms with Crippen molar-refractivity contribution in [1.82, 2.24) is 0 Å². The summed E-state index contributed by atoms with van der Waals surface area (Å²) in [5, 5.41) is 0. The molecule has 0 aliphatic carbocycles. The number of Topliss-reactive ketones (excluding diaryl/α,β-unsaturated/α-hetero) is 1. The highest BCUT2D eigenvalue weighted by atomic mass is 19.1. The molecule has 0 aromatic heterocycles. The van der Waals surface area contributed by atoms with Gasteiger partial charge in [0.15, 0.2) is 0 Å². The predicted molar refractivity (Wildman–Crippen MR) is 159 cm³/mol. The van der Waals surface area contributed by atoms with Crippen molar-refractivity contribution in [3.63, 3.8) is 0 Å². The third-order valence-electron chi connectivity index (χ3n) is 5.14. The summed E-state index contributed by atoms with van der Waals surface area (Å²) < 4.78 is 9.50. The summed E-state index contributed by atoms with van der Waals surface area (Å²) in [4.78, 5) is 11.4. The van der Waals surface area contributed by atoms with Crippen LogP contribution in [0.3, 0.4) is 0 Å². The molecule has 0 heterocycles. The topological polar surface area (TPSA) is 17.1 Å². The molecule has 0 aliphatic rings. The number of alkyl halides is 1. The van der Waals surface area contributed by atoms with E-state index in [1.54, 1.807) is 6.92 Å². The number of hydrogen-bond acceptors (Lipinski definition) is 1. The van der Waals surface area contributed by atoms with Crippen LogP contribution in [0.15, 0.2) is 84.9 Å². The monoisotopic (exact) mass is 492 g/mol. The van der Waals surface area contributed by atoms with Gasteiger partial charge < -0.3 is 0 Å². The zero-order valence-electron chi connectivity index (χ0n) is 23.8. The van der Waals surface area contributed by atoms with E-state index in [0.717, 1.165) is 31.2 Å². The van der Waals surface area contributed by atoms with E-state index >= 15 is 0 Å². The van der Waals surface area contributed by atoms with Gasteiger partial charge in [-0.3, -0.25) is 9.18 Å². The number of ketones is 1. The number of carbonyl (C=O) groups excluding carboxylic acids is 1. The van der Waals surface area contributed by atoms with Crippen molar-refractivity contribution in [2.24, 2.45) is 5.92 Å². The van der Waals surface area contributed by atoms with Crippen LogP contribution in [0.25, 0.3) is 0 Å². The highest BCUT2D eigenvalue weighted by molar-refractivity contribution is 5.77. The number of carbonyl (C=O) groups is 1. The molecule has 0 aliphatic heterocycles. The molecule has 0 radical (unpaired) electrons. The first-order valence-electron chi connectivity index (χ1n) is 13.1. The molecule has 198 valence electrons. The van der Waals surface area contributed by atoms with Crippen LogP contribution in [-0.4, -0.2) is 13.0 Å². The molecule has 0 N–H and O–H groups in total. The molecule has 3 aromatic carbocycles. The Labute approximate surface area is 222 Å². The van der Waals surface area contributed by atoms with E-state index < -0.39 is 0 Å². The predicted octanol–water partition coefficient (Wildman–Crippen LogP) is 9.57. The van der Waals surface area contributed by atoms with E-state index in [1.807, 2.05) is 89.2 Å². The molecule has 1 nitrogen and oxygen atoms in total. The van der Waals surface area contributed by atoms with Crippen LogP contribution in [0.1, 0.15) is 78.6 Å². The smallest absolute Gasteiger partial charge is 0.132 e. The second kappa shape index (κ2) is 24.9. The van der Waals surface area contributed by atoms with Gasteiger partial charge in [0.05, 0.1) is 7.18 Å². The summed E-state index contributed by atoms with van der Waals surface area (Å²) in [6.45, 7) is 13.8. The Bertz CT molecular complexity index is 933. The van der Waals surface area contributed by atoms with E-state index in [1.165, 1.54) is 16.7 Å². The Hall–Kier alpha value is -3.18. The first kappa shape index (κ1) is 35.0. The molecule has 0 spiro atoms. The van der Waals surface area contributed by atoms with E-state index in [2.05, 4.69) is 49.1 Å². The van der Waals surface area contributed by atoms with Crippen LogP contribution in [-0.2, 0) is 24.1 Å². The van der Waals surface area contributed by atoms with Crippen molar-refractivity contribution in [3.8, 4) is 11.8 Å². The van der Waals surface area contributed by atoms with E-state index in [9.17, 15) is 9.18 Å². The lowest BCUT2D eigenvalue weighted by Gasteiger charge is -2.09. The van der Waals surface area contributed by atoms with Crippen LogP contribution in [0, 0.1) is 17.8 Å². The molecule has 0 fully saturated rings. The lowest BCUT2D eigenvalue weighted by molar-refractivity contribution is -0.120. The zero-order valence-corrected chi connectivity index (χ0v) is 23.8. The largest absolute Gasteiger partial charge is 0.300 e. The third kappa shape index (κ3) is 16.4. The van der Waals surface area contributed by atoms with Gasteiger partial charge in [0, 0.05) is 19.3 Å². The maximum atomic E-state index is 11.4. The van der Waals surface area contributed by atoms with Gasteiger partial charge in [-0.05, 0) is 48.9 Å². The number of halogens is 1. The number of hydrogen-bond donors (Lipinski definition) is 0. The molecule has 0 saturated carbocycles. The van der Waals surface area contributed by atoms with Crippen molar-refractivity contribution in [2.45, 2.75) is 74.1 Å². The number of benzene rings is 3. The lowest BCUT2D eigenvalue weighted by atomic mass is 9.95. The lowest BCUT2D eigenvalue weighted by Crippen LogP contribution is -2.07. The second-order valence-corrected chi connectivity index (χ2v) is 7.51. The third-order valence-corrected chi connectivity index (χ3v) is 5.14. The first-order valence-corrected chi connectivity index (χ1v) is 13.1. The van der Waals surface area contributed by atoms with Crippen molar-refractivity contribution < 1.29 is 10.6 Å². The Balaban J connectivity index is -0.000000749. The van der Waals surface area contributed by atoms with Gasteiger partial charge in [-0.15, -0.1) is 0 Å². The Kier molecular flexibility index (Phi) is 24.2. The summed E-state index contributed by atoms with van der Waals surface area (Å²) in [7, 11) is 0.500. The number of aryl methyl sites for hydroxylation is 2.